The summed E-state index contributed by atoms with van der Waals surface area (Å²) in [7, 11) is 1.64. The van der Waals surface area contributed by atoms with E-state index < -0.39 is 5.25 Å². The van der Waals surface area contributed by atoms with Crippen molar-refractivity contribution in [2.24, 2.45) is 0 Å². The summed E-state index contributed by atoms with van der Waals surface area (Å²) in [4.78, 5) is 28.5. The molecule has 2 atom stereocenters. The first kappa shape index (κ1) is 22.9. The van der Waals surface area contributed by atoms with Gasteiger partial charge in [-0.1, -0.05) is 23.7 Å². The molecular formula is C23H26ClN3O4S. The molecule has 2 aliphatic rings. The Kier molecular flexibility index (Phi) is 7.57. The zero-order valence-electron chi connectivity index (χ0n) is 17.8. The standard InChI is InChI=1S/C23H26ClN3O4S/c1-30-17-5-2-15(3-6-17)19(27-8-10-31-11-9-27)14-25-22(28)13-21-23(29)26-18-12-16(24)4-7-20(18)32-21/h2-7,12,19,21H,8-11,13-14H2,1H3,(H,25,28)(H,26,29). The maximum Gasteiger partial charge on any atom is 0.238 e. The predicted octanol–water partition coefficient (Wildman–Crippen LogP) is 3.34. The van der Waals surface area contributed by atoms with Crippen molar-refractivity contribution < 1.29 is 19.1 Å². The van der Waals surface area contributed by atoms with E-state index in [4.69, 9.17) is 21.1 Å². The topological polar surface area (TPSA) is 79.9 Å². The molecule has 9 heteroatoms. The van der Waals surface area contributed by atoms with Crippen molar-refractivity contribution in [2.45, 2.75) is 22.6 Å². The first-order valence-electron chi connectivity index (χ1n) is 10.5. The maximum absolute atomic E-state index is 12.8. The number of thioether (sulfide) groups is 1. The van der Waals surface area contributed by atoms with Crippen LogP contribution in [0.3, 0.4) is 0 Å². The number of nitrogens with zero attached hydrogens (tertiary/aromatic N) is 1. The molecule has 2 unspecified atom stereocenters. The Labute approximate surface area is 196 Å². The molecule has 0 saturated carbocycles. The Morgan fingerprint density at radius 2 is 2.03 bits per heavy atom. The number of amides is 2. The second-order valence-corrected chi connectivity index (χ2v) is 9.36. The van der Waals surface area contributed by atoms with Crippen molar-refractivity contribution in [1.82, 2.24) is 10.2 Å². The molecule has 32 heavy (non-hydrogen) atoms. The molecule has 1 saturated heterocycles. The highest BCUT2D eigenvalue weighted by molar-refractivity contribution is 8.01. The van der Waals surface area contributed by atoms with Gasteiger partial charge in [-0.15, -0.1) is 11.8 Å². The van der Waals surface area contributed by atoms with Crippen molar-refractivity contribution >= 4 is 40.9 Å². The van der Waals surface area contributed by atoms with Crippen molar-refractivity contribution in [3.05, 3.63) is 53.1 Å². The van der Waals surface area contributed by atoms with Crippen LogP contribution in [-0.2, 0) is 14.3 Å². The molecule has 170 valence electrons. The molecule has 0 bridgehead atoms. The fourth-order valence-corrected chi connectivity index (χ4v) is 5.14. The van der Waals surface area contributed by atoms with Gasteiger partial charge < -0.3 is 20.1 Å². The lowest BCUT2D eigenvalue weighted by Gasteiger charge is -2.35. The molecule has 7 nitrogen and oxygen atoms in total. The van der Waals surface area contributed by atoms with Gasteiger partial charge in [-0.05, 0) is 35.9 Å². The summed E-state index contributed by atoms with van der Waals surface area (Å²) in [6.45, 7) is 3.39. The van der Waals surface area contributed by atoms with Gasteiger partial charge in [-0.25, -0.2) is 0 Å². The van der Waals surface area contributed by atoms with E-state index in [1.54, 1.807) is 19.2 Å². The number of anilines is 1. The van der Waals surface area contributed by atoms with E-state index in [0.717, 1.165) is 29.3 Å². The number of hydrogen-bond donors (Lipinski definition) is 2. The molecule has 0 aromatic heterocycles. The lowest BCUT2D eigenvalue weighted by atomic mass is 10.0. The van der Waals surface area contributed by atoms with E-state index in [2.05, 4.69) is 15.5 Å². The minimum atomic E-state index is -0.480. The molecule has 1 fully saturated rings. The molecular weight excluding hydrogens is 450 g/mol. The van der Waals surface area contributed by atoms with Gasteiger partial charge in [0.1, 0.15) is 5.75 Å². The predicted molar refractivity (Wildman–Crippen MR) is 125 cm³/mol. The van der Waals surface area contributed by atoms with Gasteiger partial charge in [0, 0.05) is 36.0 Å². The van der Waals surface area contributed by atoms with Crippen LogP contribution in [0, 0.1) is 0 Å². The van der Waals surface area contributed by atoms with Crippen LogP contribution in [0.2, 0.25) is 5.02 Å². The highest BCUT2D eigenvalue weighted by Crippen LogP contribution is 2.38. The summed E-state index contributed by atoms with van der Waals surface area (Å²) in [5.74, 6) is 0.460. The number of hydrogen-bond acceptors (Lipinski definition) is 6. The number of halogens is 1. The van der Waals surface area contributed by atoms with Crippen LogP contribution in [0.1, 0.15) is 18.0 Å². The normalized spacial score (nSPS) is 19.6. The fraction of sp³-hybridized carbons (Fsp3) is 0.391. The zero-order chi connectivity index (χ0) is 22.5. The summed E-state index contributed by atoms with van der Waals surface area (Å²) in [6.07, 6.45) is 0.108. The van der Waals surface area contributed by atoms with Gasteiger partial charge in [0.2, 0.25) is 11.8 Å². The van der Waals surface area contributed by atoms with Crippen LogP contribution in [0.4, 0.5) is 5.69 Å². The monoisotopic (exact) mass is 475 g/mol. The third kappa shape index (κ3) is 5.56. The number of ether oxygens (including phenoxy) is 2. The van der Waals surface area contributed by atoms with Gasteiger partial charge in [0.25, 0.3) is 0 Å². The summed E-state index contributed by atoms with van der Waals surface area (Å²) in [5, 5.41) is 5.98. The third-order valence-electron chi connectivity index (χ3n) is 5.61. The minimum Gasteiger partial charge on any atom is -0.497 e. The highest BCUT2D eigenvalue weighted by Gasteiger charge is 2.30. The Morgan fingerprint density at radius 1 is 1.28 bits per heavy atom. The molecule has 2 amide bonds. The molecule has 4 rings (SSSR count). The molecule has 2 aliphatic heterocycles. The SMILES string of the molecule is COc1ccc(C(CNC(=O)CC2Sc3ccc(Cl)cc3NC2=O)N2CCOCC2)cc1. The van der Waals surface area contributed by atoms with Crippen LogP contribution in [0.25, 0.3) is 0 Å². The number of carbonyl (C=O) groups excluding carboxylic acids is 2. The number of fused-ring (bicyclic) bond motifs is 1. The number of carbonyl (C=O) groups is 2. The third-order valence-corrected chi connectivity index (χ3v) is 7.12. The number of benzene rings is 2. The van der Waals surface area contributed by atoms with Crippen molar-refractivity contribution in [2.75, 3.05) is 45.3 Å². The van der Waals surface area contributed by atoms with E-state index in [1.165, 1.54) is 11.8 Å². The molecule has 0 radical (unpaired) electrons. The molecule has 2 aromatic carbocycles. The Morgan fingerprint density at radius 3 is 2.75 bits per heavy atom. The summed E-state index contributed by atoms with van der Waals surface area (Å²) in [6, 6.07) is 13.3. The van der Waals surface area contributed by atoms with E-state index in [0.29, 0.717) is 30.5 Å². The fourth-order valence-electron chi connectivity index (χ4n) is 3.88. The molecule has 0 spiro atoms. The number of methoxy groups -OCH3 is 1. The van der Waals surface area contributed by atoms with Gasteiger partial charge in [-0.2, -0.15) is 0 Å². The highest BCUT2D eigenvalue weighted by atomic mass is 35.5. The average Bonchev–Trinajstić information content (AvgIpc) is 2.81. The van der Waals surface area contributed by atoms with Crippen molar-refractivity contribution in [3.63, 3.8) is 0 Å². The minimum absolute atomic E-state index is 0.0180. The molecule has 2 aromatic rings. The van der Waals surface area contributed by atoms with E-state index >= 15 is 0 Å². The lowest BCUT2D eigenvalue weighted by molar-refractivity contribution is -0.124. The van der Waals surface area contributed by atoms with Crippen LogP contribution in [0.15, 0.2) is 47.4 Å². The summed E-state index contributed by atoms with van der Waals surface area (Å²) < 4.78 is 10.8. The van der Waals surface area contributed by atoms with Crippen LogP contribution < -0.4 is 15.4 Å². The number of nitrogens with one attached hydrogen (secondary N) is 2. The smallest absolute Gasteiger partial charge is 0.238 e. The van der Waals surface area contributed by atoms with Gasteiger partial charge in [0.05, 0.1) is 37.3 Å². The molecule has 2 N–H and O–H groups in total. The van der Waals surface area contributed by atoms with Gasteiger partial charge >= 0.3 is 0 Å². The van der Waals surface area contributed by atoms with Crippen molar-refractivity contribution in [1.29, 1.82) is 0 Å². The van der Waals surface area contributed by atoms with E-state index in [1.807, 2.05) is 30.3 Å². The first-order chi connectivity index (χ1) is 15.5. The number of rotatable bonds is 7. The van der Waals surface area contributed by atoms with E-state index in [9.17, 15) is 9.59 Å². The number of morpholine rings is 1. The largest absolute Gasteiger partial charge is 0.497 e. The van der Waals surface area contributed by atoms with Gasteiger partial charge in [0.15, 0.2) is 0 Å². The van der Waals surface area contributed by atoms with Crippen LogP contribution >= 0.6 is 23.4 Å². The summed E-state index contributed by atoms with van der Waals surface area (Å²) >= 11 is 7.40. The quantitative estimate of drug-likeness (QED) is 0.639. The van der Waals surface area contributed by atoms with Gasteiger partial charge in [-0.3, -0.25) is 14.5 Å². The van der Waals surface area contributed by atoms with E-state index in [-0.39, 0.29) is 24.3 Å². The second-order valence-electron chi connectivity index (χ2n) is 7.68. The summed E-state index contributed by atoms with van der Waals surface area (Å²) in [5.41, 5.74) is 1.79. The average molecular weight is 476 g/mol. The van der Waals surface area contributed by atoms with Crippen LogP contribution in [0.5, 0.6) is 5.75 Å². The Hall–Kier alpha value is -2.26. The second kappa shape index (κ2) is 10.6. The molecule has 2 heterocycles. The Balaban J connectivity index is 1.39. The van der Waals surface area contributed by atoms with Crippen LogP contribution in [-0.4, -0.2) is 61.9 Å². The van der Waals surface area contributed by atoms with Crippen molar-refractivity contribution in [3.8, 4) is 5.75 Å². The zero-order valence-corrected chi connectivity index (χ0v) is 19.4. The first-order valence-corrected chi connectivity index (χ1v) is 11.8. The Bertz CT molecular complexity index is 966. The molecule has 0 aliphatic carbocycles. The maximum atomic E-state index is 12.8. The lowest BCUT2D eigenvalue weighted by Crippen LogP contribution is -2.44.